The average molecular weight is 651 g/mol. The van der Waals surface area contributed by atoms with Gasteiger partial charge in [-0.2, -0.15) is 9.97 Å². The number of hydrogen-bond acceptors (Lipinski definition) is 8. The highest BCUT2D eigenvalue weighted by atomic mass is 16.6. The Morgan fingerprint density at radius 3 is 2.17 bits per heavy atom. The maximum absolute atomic E-state index is 14.0. The van der Waals surface area contributed by atoms with Crippen LogP contribution in [0.1, 0.15) is 62.5 Å². The van der Waals surface area contributed by atoms with Gasteiger partial charge in [-0.05, 0) is 81.0 Å². The molecule has 250 valence electrons. The molecule has 0 aliphatic heterocycles. The van der Waals surface area contributed by atoms with Gasteiger partial charge < -0.3 is 34.7 Å². The van der Waals surface area contributed by atoms with E-state index < -0.39 is 11.7 Å². The summed E-state index contributed by atoms with van der Waals surface area (Å²) < 4.78 is 18.1. The summed E-state index contributed by atoms with van der Waals surface area (Å²) in [5, 5.41) is 12.7. The van der Waals surface area contributed by atoms with E-state index in [9.17, 15) is 9.59 Å². The van der Waals surface area contributed by atoms with Crippen LogP contribution >= 0.6 is 0 Å². The van der Waals surface area contributed by atoms with Crippen molar-refractivity contribution in [2.75, 3.05) is 19.5 Å². The van der Waals surface area contributed by atoms with Crippen LogP contribution in [0.2, 0.25) is 0 Å². The number of nitrogens with zero attached hydrogens (tertiary/aromatic N) is 3. The molecule has 1 saturated carbocycles. The van der Waals surface area contributed by atoms with Crippen molar-refractivity contribution in [1.82, 2.24) is 25.2 Å². The number of hydrogen-bond donors (Lipinski definition) is 3. The Hall–Kier alpha value is -5.32. The van der Waals surface area contributed by atoms with Gasteiger partial charge >= 0.3 is 6.09 Å². The molecule has 48 heavy (non-hydrogen) atoms. The number of benzene rings is 3. The highest BCUT2D eigenvalue weighted by molar-refractivity contribution is 6.00. The molecule has 2 amide bonds. The molecule has 2 heterocycles. The van der Waals surface area contributed by atoms with Crippen LogP contribution in [0.3, 0.4) is 0 Å². The molecule has 11 nitrogen and oxygen atoms in total. The van der Waals surface area contributed by atoms with Gasteiger partial charge in [-0.3, -0.25) is 4.79 Å². The first kappa shape index (κ1) is 32.6. The number of carbonyl (C=O) groups excluding carboxylic acids is 2. The molecule has 3 aromatic carbocycles. The van der Waals surface area contributed by atoms with Crippen molar-refractivity contribution in [1.29, 1.82) is 0 Å². The first-order valence-corrected chi connectivity index (χ1v) is 16.2. The van der Waals surface area contributed by atoms with Crippen LogP contribution in [0.5, 0.6) is 11.8 Å². The molecular weight excluding hydrogens is 608 g/mol. The Morgan fingerprint density at radius 1 is 0.812 bits per heavy atom. The number of alkyl carbamates (subject to hydrolysis) is 1. The summed E-state index contributed by atoms with van der Waals surface area (Å²) >= 11 is 0. The number of nitrogens with one attached hydrogen (secondary N) is 3. The van der Waals surface area contributed by atoms with Crippen molar-refractivity contribution < 1.29 is 23.8 Å². The SMILES string of the molecule is COc1cc(OC)nc(Nc2ccc3cc(C(=O)N[C@H]4CC[C@H](NC(=O)OC(C)(C)C)CC4)n(Cc4cccc5ccccc45)c3c2)n1. The molecule has 0 atom stereocenters. The predicted molar refractivity (Wildman–Crippen MR) is 186 cm³/mol. The third-order valence-electron chi connectivity index (χ3n) is 8.48. The number of carbonyl (C=O) groups is 2. The van der Waals surface area contributed by atoms with E-state index in [-0.39, 0.29) is 18.0 Å². The largest absolute Gasteiger partial charge is 0.481 e. The number of ether oxygens (including phenoxy) is 3. The molecule has 0 saturated heterocycles. The molecule has 3 N–H and O–H groups in total. The van der Waals surface area contributed by atoms with Crippen molar-refractivity contribution in [2.45, 2.75) is 70.7 Å². The van der Waals surface area contributed by atoms with Gasteiger partial charge in [0.25, 0.3) is 5.91 Å². The van der Waals surface area contributed by atoms with Gasteiger partial charge in [-0.25, -0.2) is 4.79 Å². The van der Waals surface area contributed by atoms with Gasteiger partial charge in [0.05, 0.1) is 25.8 Å². The smallest absolute Gasteiger partial charge is 0.407 e. The molecular formula is C37H42N6O5. The lowest BCUT2D eigenvalue weighted by atomic mass is 9.91. The van der Waals surface area contributed by atoms with Crippen molar-refractivity contribution in [3.05, 3.63) is 84.1 Å². The normalized spacial score (nSPS) is 16.4. The highest BCUT2D eigenvalue weighted by Gasteiger charge is 2.27. The van der Waals surface area contributed by atoms with Gasteiger partial charge in [0.2, 0.25) is 17.7 Å². The second-order valence-electron chi connectivity index (χ2n) is 13.1. The summed E-state index contributed by atoms with van der Waals surface area (Å²) in [7, 11) is 3.08. The van der Waals surface area contributed by atoms with Gasteiger partial charge in [0.1, 0.15) is 11.3 Å². The van der Waals surface area contributed by atoms with Crippen molar-refractivity contribution >= 4 is 45.3 Å². The molecule has 1 aliphatic rings. The molecule has 0 bridgehead atoms. The zero-order chi connectivity index (χ0) is 33.8. The quantitative estimate of drug-likeness (QED) is 0.156. The molecule has 0 radical (unpaired) electrons. The van der Waals surface area contributed by atoms with Gasteiger partial charge in [0, 0.05) is 29.7 Å². The fourth-order valence-electron chi connectivity index (χ4n) is 6.21. The molecule has 0 spiro atoms. The summed E-state index contributed by atoms with van der Waals surface area (Å²) in [6.45, 7) is 6.04. The van der Waals surface area contributed by atoms with E-state index in [1.54, 1.807) is 6.07 Å². The molecule has 11 heteroatoms. The third kappa shape index (κ3) is 7.62. The van der Waals surface area contributed by atoms with E-state index in [4.69, 9.17) is 14.2 Å². The zero-order valence-corrected chi connectivity index (χ0v) is 28.0. The van der Waals surface area contributed by atoms with Crippen LogP contribution in [0.25, 0.3) is 21.7 Å². The van der Waals surface area contributed by atoms with Crippen LogP contribution in [0, 0.1) is 0 Å². The fraction of sp³-hybridized carbons (Fsp3) is 0.351. The summed E-state index contributed by atoms with van der Waals surface area (Å²) in [6.07, 6.45) is 2.63. The lowest BCUT2D eigenvalue weighted by molar-refractivity contribution is 0.0487. The van der Waals surface area contributed by atoms with Crippen LogP contribution < -0.4 is 25.4 Å². The van der Waals surface area contributed by atoms with Crippen LogP contribution in [0.4, 0.5) is 16.4 Å². The fourth-order valence-corrected chi connectivity index (χ4v) is 6.21. The summed E-state index contributed by atoms with van der Waals surface area (Å²) in [5.41, 5.74) is 2.76. The van der Waals surface area contributed by atoms with Gasteiger partial charge in [-0.1, -0.05) is 48.5 Å². The van der Waals surface area contributed by atoms with Gasteiger partial charge in [-0.15, -0.1) is 0 Å². The minimum absolute atomic E-state index is 0.00405. The Labute approximate surface area is 280 Å². The van der Waals surface area contributed by atoms with E-state index in [1.807, 2.05) is 63.2 Å². The van der Waals surface area contributed by atoms with Crippen molar-refractivity contribution in [3.63, 3.8) is 0 Å². The number of aromatic nitrogens is 3. The molecule has 0 unspecified atom stereocenters. The monoisotopic (exact) mass is 650 g/mol. The summed E-state index contributed by atoms with van der Waals surface area (Å²) in [6, 6.07) is 24.0. The van der Waals surface area contributed by atoms with Crippen LogP contribution in [0.15, 0.2) is 72.8 Å². The minimum Gasteiger partial charge on any atom is -0.481 e. The van der Waals surface area contributed by atoms with E-state index in [0.717, 1.165) is 58.6 Å². The number of rotatable bonds is 9. The van der Waals surface area contributed by atoms with E-state index in [0.29, 0.717) is 29.9 Å². The number of methoxy groups -OCH3 is 2. The highest BCUT2D eigenvalue weighted by Crippen LogP contribution is 2.29. The summed E-state index contributed by atoms with van der Waals surface area (Å²) in [4.78, 5) is 35.1. The Balaban J connectivity index is 1.27. The lowest BCUT2D eigenvalue weighted by Gasteiger charge is -2.30. The minimum atomic E-state index is -0.549. The number of anilines is 2. The number of fused-ring (bicyclic) bond motifs is 2. The van der Waals surface area contributed by atoms with Crippen LogP contribution in [-0.4, -0.2) is 58.4 Å². The van der Waals surface area contributed by atoms with Crippen molar-refractivity contribution in [3.8, 4) is 11.8 Å². The Morgan fingerprint density at radius 2 is 1.48 bits per heavy atom. The molecule has 5 aromatic rings. The summed E-state index contributed by atoms with van der Waals surface area (Å²) in [5.74, 6) is 0.939. The molecule has 2 aromatic heterocycles. The van der Waals surface area contributed by atoms with E-state index in [1.165, 1.54) is 14.2 Å². The second kappa shape index (κ2) is 13.8. The maximum atomic E-state index is 14.0. The molecule has 6 rings (SSSR count). The lowest BCUT2D eigenvalue weighted by Crippen LogP contribution is -2.45. The first-order chi connectivity index (χ1) is 23.1. The number of amides is 2. The molecule has 1 fully saturated rings. The first-order valence-electron chi connectivity index (χ1n) is 16.2. The average Bonchev–Trinajstić information content (AvgIpc) is 3.42. The Bertz CT molecular complexity index is 1910. The zero-order valence-electron chi connectivity index (χ0n) is 28.0. The van der Waals surface area contributed by atoms with Crippen molar-refractivity contribution in [2.24, 2.45) is 0 Å². The Kier molecular flexibility index (Phi) is 9.38. The van der Waals surface area contributed by atoms with E-state index in [2.05, 4.69) is 54.8 Å². The van der Waals surface area contributed by atoms with Gasteiger partial charge in [0.15, 0.2) is 0 Å². The predicted octanol–water partition coefficient (Wildman–Crippen LogP) is 6.96. The van der Waals surface area contributed by atoms with E-state index >= 15 is 0 Å². The second-order valence-corrected chi connectivity index (χ2v) is 13.1. The van der Waals surface area contributed by atoms with Crippen LogP contribution in [-0.2, 0) is 11.3 Å². The topological polar surface area (TPSA) is 129 Å². The standard InChI is InChI=1S/C37H42N6O5/c1-37(2,3)48-36(45)40-27-17-15-26(16-18-27)38-34(44)31-19-24-13-14-28(39-35-41-32(46-4)21-33(42-35)47-5)20-30(24)43(31)22-25-11-8-10-23-9-6-7-12-29(23)25/h6-14,19-21,26-27H,15-18,22H2,1-5H3,(H,38,44)(H,40,45)(H,39,41,42)/t26-,27-. The molecule has 1 aliphatic carbocycles. The third-order valence-corrected chi connectivity index (χ3v) is 8.48. The maximum Gasteiger partial charge on any atom is 0.407 e.